The van der Waals surface area contributed by atoms with Crippen LogP contribution in [0.4, 0.5) is 11.6 Å². The number of benzene rings is 1. The van der Waals surface area contributed by atoms with E-state index in [-0.39, 0.29) is 5.91 Å². The Balaban J connectivity index is 2.23. The molecule has 22 heavy (non-hydrogen) atoms. The number of nitrogens with one attached hydrogen (secondary N) is 2. The summed E-state index contributed by atoms with van der Waals surface area (Å²) >= 11 is 3.49. The molecule has 2 aromatic rings. The second kappa shape index (κ2) is 7.17. The quantitative estimate of drug-likeness (QED) is 0.800. The molecule has 0 unspecified atom stereocenters. The van der Waals surface area contributed by atoms with Crippen molar-refractivity contribution < 1.29 is 4.79 Å². The van der Waals surface area contributed by atoms with Crippen molar-refractivity contribution in [1.29, 1.82) is 0 Å². The van der Waals surface area contributed by atoms with E-state index in [2.05, 4.69) is 43.1 Å². The predicted molar refractivity (Wildman–Crippen MR) is 91.5 cm³/mol. The van der Waals surface area contributed by atoms with Gasteiger partial charge in [0.15, 0.2) is 0 Å². The molecule has 1 amide bonds. The van der Waals surface area contributed by atoms with Gasteiger partial charge in [0.05, 0.1) is 0 Å². The standard InChI is InChI=1S/C16H17BrN4O/c1-4-7-18-15(22)14-8-11(3)19-16(21-14)20-12-6-5-10(2)13(17)9-12/h4-6,8-9H,1,7H2,2-3H3,(H,18,22)(H,19,20,21). The molecule has 1 aromatic heterocycles. The van der Waals surface area contributed by atoms with Gasteiger partial charge in [-0.25, -0.2) is 9.97 Å². The SMILES string of the molecule is C=CCNC(=O)c1cc(C)nc(Nc2ccc(C)c(Br)c2)n1. The van der Waals surface area contributed by atoms with Crippen molar-refractivity contribution in [2.75, 3.05) is 11.9 Å². The lowest BCUT2D eigenvalue weighted by molar-refractivity contribution is 0.0953. The third-order valence-electron chi connectivity index (χ3n) is 2.92. The average Bonchev–Trinajstić information content (AvgIpc) is 2.48. The maximum atomic E-state index is 12.0. The van der Waals surface area contributed by atoms with Crippen LogP contribution in [0.25, 0.3) is 0 Å². The molecule has 114 valence electrons. The number of hydrogen-bond acceptors (Lipinski definition) is 4. The number of amides is 1. The van der Waals surface area contributed by atoms with Crippen LogP contribution >= 0.6 is 15.9 Å². The number of aryl methyl sites for hydroxylation is 2. The van der Waals surface area contributed by atoms with Gasteiger partial charge in [-0.2, -0.15) is 0 Å². The summed E-state index contributed by atoms with van der Waals surface area (Å²) in [6.07, 6.45) is 1.62. The minimum atomic E-state index is -0.251. The van der Waals surface area contributed by atoms with Crippen LogP contribution in [0.5, 0.6) is 0 Å². The van der Waals surface area contributed by atoms with E-state index >= 15 is 0 Å². The van der Waals surface area contributed by atoms with Crippen molar-refractivity contribution in [2.24, 2.45) is 0 Å². The van der Waals surface area contributed by atoms with Crippen LogP contribution in [0.2, 0.25) is 0 Å². The van der Waals surface area contributed by atoms with Crippen molar-refractivity contribution >= 4 is 33.5 Å². The number of carbonyl (C=O) groups excluding carboxylic acids is 1. The molecule has 0 aliphatic carbocycles. The summed E-state index contributed by atoms with van der Waals surface area (Å²) in [7, 11) is 0. The molecular weight excluding hydrogens is 344 g/mol. The molecule has 2 rings (SSSR count). The first kappa shape index (κ1) is 16.2. The number of aromatic nitrogens is 2. The van der Waals surface area contributed by atoms with Crippen molar-refractivity contribution in [3.05, 3.63) is 58.3 Å². The van der Waals surface area contributed by atoms with Gasteiger partial charge in [0.1, 0.15) is 5.69 Å². The second-order valence-electron chi connectivity index (χ2n) is 4.81. The Morgan fingerprint density at radius 1 is 1.32 bits per heavy atom. The molecule has 0 bridgehead atoms. The van der Waals surface area contributed by atoms with Crippen LogP contribution < -0.4 is 10.6 Å². The summed E-state index contributed by atoms with van der Waals surface area (Å²) in [6, 6.07) is 7.51. The highest BCUT2D eigenvalue weighted by molar-refractivity contribution is 9.10. The lowest BCUT2D eigenvalue weighted by Gasteiger charge is -2.09. The smallest absolute Gasteiger partial charge is 0.270 e. The molecule has 0 radical (unpaired) electrons. The van der Waals surface area contributed by atoms with E-state index in [1.165, 1.54) is 0 Å². The Morgan fingerprint density at radius 3 is 2.77 bits per heavy atom. The molecule has 6 heteroatoms. The van der Waals surface area contributed by atoms with Crippen molar-refractivity contribution in [1.82, 2.24) is 15.3 Å². The fourth-order valence-corrected chi connectivity index (χ4v) is 2.17. The zero-order valence-corrected chi connectivity index (χ0v) is 14.1. The molecule has 0 aliphatic heterocycles. The molecule has 0 saturated carbocycles. The summed E-state index contributed by atoms with van der Waals surface area (Å²) < 4.78 is 0.995. The Bertz CT molecular complexity index is 715. The molecule has 0 fully saturated rings. The first-order valence-electron chi connectivity index (χ1n) is 6.77. The van der Waals surface area contributed by atoms with E-state index < -0.39 is 0 Å². The highest BCUT2D eigenvalue weighted by Gasteiger charge is 2.10. The lowest BCUT2D eigenvalue weighted by atomic mass is 10.2. The van der Waals surface area contributed by atoms with Crippen LogP contribution in [0.15, 0.2) is 41.4 Å². The third-order valence-corrected chi connectivity index (χ3v) is 3.78. The zero-order chi connectivity index (χ0) is 16.1. The Morgan fingerprint density at radius 2 is 2.09 bits per heavy atom. The van der Waals surface area contributed by atoms with Crippen LogP contribution in [0, 0.1) is 13.8 Å². The minimum Gasteiger partial charge on any atom is -0.347 e. The van der Waals surface area contributed by atoms with E-state index in [1.54, 1.807) is 12.1 Å². The largest absolute Gasteiger partial charge is 0.347 e. The summed E-state index contributed by atoms with van der Waals surface area (Å²) in [5.74, 6) is 0.137. The van der Waals surface area contributed by atoms with Gasteiger partial charge in [-0.15, -0.1) is 6.58 Å². The van der Waals surface area contributed by atoms with Gasteiger partial charge < -0.3 is 10.6 Å². The fraction of sp³-hybridized carbons (Fsp3) is 0.188. The monoisotopic (exact) mass is 360 g/mol. The van der Waals surface area contributed by atoms with E-state index in [4.69, 9.17) is 0 Å². The highest BCUT2D eigenvalue weighted by Crippen LogP contribution is 2.22. The van der Waals surface area contributed by atoms with E-state index in [1.807, 2.05) is 32.0 Å². The van der Waals surface area contributed by atoms with Crippen molar-refractivity contribution in [3.8, 4) is 0 Å². The first-order valence-corrected chi connectivity index (χ1v) is 7.57. The summed E-state index contributed by atoms with van der Waals surface area (Å²) in [6.45, 7) is 7.80. The number of halogens is 1. The molecule has 1 heterocycles. The zero-order valence-electron chi connectivity index (χ0n) is 12.5. The summed E-state index contributed by atoms with van der Waals surface area (Å²) in [5, 5.41) is 5.81. The van der Waals surface area contributed by atoms with Crippen LogP contribution in [0.3, 0.4) is 0 Å². The average molecular weight is 361 g/mol. The van der Waals surface area contributed by atoms with Gasteiger partial charge in [-0.1, -0.05) is 28.1 Å². The molecule has 0 spiro atoms. The lowest BCUT2D eigenvalue weighted by Crippen LogP contribution is -2.24. The van der Waals surface area contributed by atoms with E-state index in [9.17, 15) is 4.79 Å². The van der Waals surface area contributed by atoms with Gasteiger partial charge in [-0.05, 0) is 37.6 Å². The fourth-order valence-electron chi connectivity index (χ4n) is 1.80. The van der Waals surface area contributed by atoms with Crippen molar-refractivity contribution in [3.63, 3.8) is 0 Å². The van der Waals surface area contributed by atoms with E-state index in [0.29, 0.717) is 23.9 Å². The molecular formula is C16H17BrN4O. The molecule has 0 atom stereocenters. The number of rotatable bonds is 5. The van der Waals surface area contributed by atoms with Crippen LogP contribution in [-0.2, 0) is 0 Å². The molecule has 0 aliphatic rings. The Labute approximate surface area is 138 Å². The van der Waals surface area contributed by atoms with Gasteiger partial charge in [0.25, 0.3) is 5.91 Å². The number of hydrogen-bond donors (Lipinski definition) is 2. The molecule has 2 N–H and O–H groups in total. The Hall–Kier alpha value is -2.21. The molecule has 0 saturated heterocycles. The van der Waals surface area contributed by atoms with Crippen LogP contribution in [-0.4, -0.2) is 22.4 Å². The van der Waals surface area contributed by atoms with Gasteiger partial charge >= 0.3 is 0 Å². The first-order chi connectivity index (χ1) is 10.5. The molecule has 1 aromatic carbocycles. The number of anilines is 2. The van der Waals surface area contributed by atoms with Crippen LogP contribution in [0.1, 0.15) is 21.7 Å². The third kappa shape index (κ3) is 4.14. The summed E-state index contributed by atoms with van der Waals surface area (Å²) in [5.41, 5.74) is 3.02. The second-order valence-corrected chi connectivity index (χ2v) is 5.66. The summed E-state index contributed by atoms with van der Waals surface area (Å²) in [4.78, 5) is 20.5. The van der Waals surface area contributed by atoms with E-state index in [0.717, 1.165) is 15.7 Å². The maximum Gasteiger partial charge on any atom is 0.270 e. The highest BCUT2D eigenvalue weighted by atomic mass is 79.9. The Kier molecular flexibility index (Phi) is 5.27. The topological polar surface area (TPSA) is 66.9 Å². The van der Waals surface area contributed by atoms with Gasteiger partial charge in [0.2, 0.25) is 5.95 Å². The maximum absolute atomic E-state index is 12.0. The van der Waals surface area contributed by atoms with Gasteiger partial charge in [0, 0.05) is 22.4 Å². The molecule has 5 nitrogen and oxygen atoms in total. The van der Waals surface area contributed by atoms with Gasteiger partial charge in [-0.3, -0.25) is 4.79 Å². The normalized spacial score (nSPS) is 10.1. The minimum absolute atomic E-state index is 0.251. The van der Waals surface area contributed by atoms with Crippen molar-refractivity contribution in [2.45, 2.75) is 13.8 Å². The number of carbonyl (C=O) groups is 1. The number of nitrogens with zero attached hydrogens (tertiary/aromatic N) is 2. The predicted octanol–water partition coefficient (Wildman–Crippen LogP) is 3.52.